The fourth-order valence-corrected chi connectivity index (χ4v) is 1.75. The number of pyridine rings is 1. The first-order valence-electron chi connectivity index (χ1n) is 5.73. The molecule has 0 saturated heterocycles. The van der Waals surface area contributed by atoms with Gasteiger partial charge >= 0.3 is 5.69 Å². The van der Waals surface area contributed by atoms with E-state index in [-0.39, 0.29) is 17.3 Å². The van der Waals surface area contributed by atoms with Crippen LogP contribution in [-0.4, -0.2) is 26.4 Å². The molecular weight excluding hydrogens is 328 g/mol. The summed E-state index contributed by atoms with van der Waals surface area (Å²) in [4.78, 5) is 22.5. The van der Waals surface area contributed by atoms with Crippen LogP contribution in [0.4, 0.5) is 23.1 Å². The Balaban J connectivity index is 2.37. The minimum absolute atomic E-state index is 0.0933. The largest absolute Gasteiger partial charge is 0.364 e. The average Bonchev–Trinajstić information content (AvgIpc) is 2.41. The highest BCUT2D eigenvalue weighted by Gasteiger charge is 2.22. The Kier molecular flexibility index (Phi) is 4.41. The van der Waals surface area contributed by atoms with Gasteiger partial charge in [-0.05, 0) is 35.0 Å². The van der Waals surface area contributed by atoms with Crippen molar-refractivity contribution < 1.29 is 4.92 Å². The second-order valence-corrected chi connectivity index (χ2v) is 4.61. The maximum atomic E-state index is 11.2. The Hall–Kier alpha value is -2.29. The summed E-state index contributed by atoms with van der Waals surface area (Å²) in [7, 11) is 0. The van der Waals surface area contributed by atoms with E-state index in [9.17, 15) is 10.1 Å². The molecule has 0 amide bonds. The lowest BCUT2D eigenvalue weighted by Gasteiger charge is -2.08. The Morgan fingerprint density at radius 2 is 2.05 bits per heavy atom. The molecule has 2 rings (SSSR count). The Labute approximate surface area is 122 Å². The van der Waals surface area contributed by atoms with E-state index < -0.39 is 4.92 Å². The molecule has 2 aromatic heterocycles. The normalized spacial score (nSPS) is 10.1. The Morgan fingerprint density at radius 3 is 2.65 bits per heavy atom. The highest BCUT2D eigenvalue weighted by atomic mass is 79.9. The number of hydrogen-bond donors (Lipinski definition) is 2. The van der Waals surface area contributed by atoms with Crippen molar-refractivity contribution in [3.8, 4) is 0 Å². The first-order valence-corrected chi connectivity index (χ1v) is 6.53. The molecule has 0 unspecified atom stereocenters. The van der Waals surface area contributed by atoms with Crippen LogP contribution in [0.1, 0.15) is 6.92 Å². The van der Waals surface area contributed by atoms with Crippen LogP contribution in [0.2, 0.25) is 0 Å². The zero-order chi connectivity index (χ0) is 14.5. The highest BCUT2D eigenvalue weighted by Crippen LogP contribution is 2.30. The molecular formula is C11H11BrN6O2. The molecule has 0 aliphatic rings. The van der Waals surface area contributed by atoms with Crippen molar-refractivity contribution in [3.63, 3.8) is 0 Å². The second kappa shape index (κ2) is 6.24. The van der Waals surface area contributed by atoms with Gasteiger partial charge in [0.15, 0.2) is 0 Å². The fourth-order valence-electron chi connectivity index (χ4n) is 1.51. The summed E-state index contributed by atoms with van der Waals surface area (Å²) >= 11 is 3.27. The van der Waals surface area contributed by atoms with E-state index in [4.69, 9.17) is 0 Å². The SMILES string of the molecule is CCNc1ncnc(Nc2ccc(Br)cn2)c1[N+](=O)[O-]. The number of nitro groups is 1. The minimum atomic E-state index is -0.529. The third kappa shape index (κ3) is 3.18. The van der Waals surface area contributed by atoms with Gasteiger partial charge in [-0.15, -0.1) is 0 Å². The molecule has 0 radical (unpaired) electrons. The number of nitrogens with zero attached hydrogens (tertiary/aromatic N) is 4. The predicted octanol–water partition coefficient (Wildman–Crippen LogP) is 2.72. The second-order valence-electron chi connectivity index (χ2n) is 3.69. The summed E-state index contributed by atoms with van der Waals surface area (Å²) < 4.78 is 0.813. The molecule has 0 bridgehead atoms. The maximum absolute atomic E-state index is 11.2. The molecule has 0 aromatic carbocycles. The molecule has 2 heterocycles. The lowest BCUT2D eigenvalue weighted by atomic mass is 10.4. The van der Waals surface area contributed by atoms with Crippen LogP contribution in [0.5, 0.6) is 0 Å². The summed E-state index contributed by atoms with van der Waals surface area (Å²) in [5.74, 6) is 0.723. The van der Waals surface area contributed by atoms with Crippen molar-refractivity contribution in [2.45, 2.75) is 6.92 Å². The van der Waals surface area contributed by atoms with Gasteiger partial charge in [0.25, 0.3) is 0 Å². The molecule has 0 saturated carbocycles. The molecule has 8 nitrogen and oxygen atoms in total. The Morgan fingerprint density at radius 1 is 1.30 bits per heavy atom. The van der Waals surface area contributed by atoms with E-state index in [0.717, 1.165) is 4.47 Å². The zero-order valence-electron chi connectivity index (χ0n) is 10.5. The van der Waals surface area contributed by atoms with E-state index in [1.165, 1.54) is 6.33 Å². The van der Waals surface area contributed by atoms with Crippen molar-refractivity contribution >= 4 is 39.1 Å². The fraction of sp³-hybridized carbons (Fsp3) is 0.182. The van der Waals surface area contributed by atoms with Crippen molar-refractivity contribution in [2.75, 3.05) is 17.2 Å². The number of nitrogens with one attached hydrogen (secondary N) is 2. The minimum Gasteiger partial charge on any atom is -0.364 e. The van der Waals surface area contributed by atoms with E-state index in [1.807, 2.05) is 6.92 Å². The van der Waals surface area contributed by atoms with Gasteiger partial charge in [0, 0.05) is 17.2 Å². The van der Waals surface area contributed by atoms with Crippen LogP contribution in [0, 0.1) is 10.1 Å². The third-order valence-corrected chi connectivity index (χ3v) is 2.79. The summed E-state index contributed by atoms with van der Waals surface area (Å²) in [5.41, 5.74) is -0.209. The van der Waals surface area contributed by atoms with Crippen molar-refractivity contribution in [1.82, 2.24) is 15.0 Å². The highest BCUT2D eigenvalue weighted by molar-refractivity contribution is 9.10. The summed E-state index contributed by atoms with van der Waals surface area (Å²) in [6.45, 7) is 2.35. The Bertz CT molecular complexity index is 619. The number of rotatable bonds is 5. The van der Waals surface area contributed by atoms with Gasteiger partial charge in [-0.3, -0.25) is 10.1 Å². The lowest BCUT2D eigenvalue weighted by molar-refractivity contribution is -0.383. The summed E-state index contributed by atoms with van der Waals surface area (Å²) in [6.07, 6.45) is 2.84. The van der Waals surface area contributed by atoms with E-state index in [1.54, 1.807) is 18.3 Å². The molecule has 0 aliphatic heterocycles. The summed E-state index contributed by atoms with van der Waals surface area (Å²) in [5, 5.41) is 16.8. The number of hydrogen-bond acceptors (Lipinski definition) is 7. The van der Waals surface area contributed by atoms with Crippen molar-refractivity contribution in [1.29, 1.82) is 0 Å². The molecule has 0 aliphatic carbocycles. The lowest BCUT2D eigenvalue weighted by Crippen LogP contribution is -2.08. The molecule has 104 valence electrons. The van der Waals surface area contributed by atoms with Crippen molar-refractivity contribution in [2.24, 2.45) is 0 Å². The summed E-state index contributed by atoms with van der Waals surface area (Å²) in [6, 6.07) is 3.45. The smallest absolute Gasteiger partial charge is 0.353 e. The standard InChI is InChI=1S/C11H11BrN6O2/c1-2-13-10-9(18(19)20)11(16-6-15-10)17-8-4-3-7(12)5-14-8/h3-6H,2H2,1H3,(H2,13,14,15,16,17). The first kappa shape index (κ1) is 14.1. The topological polar surface area (TPSA) is 106 Å². The van der Waals surface area contributed by atoms with Crippen LogP contribution in [0.25, 0.3) is 0 Å². The average molecular weight is 339 g/mol. The molecule has 0 spiro atoms. The van der Waals surface area contributed by atoms with Crippen LogP contribution in [0.3, 0.4) is 0 Å². The molecule has 2 N–H and O–H groups in total. The van der Waals surface area contributed by atoms with Gasteiger partial charge in [0.05, 0.1) is 4.92 Å². The van der Waals surface area contributed by atoms with Gasteiger partial charge in [-0.2, -0.15) is 0 Å². The predicted molar refractivity (Wildman–Crippen MR) is 78.1 cm³/mol. The number of halogens is 1. The quantitative estimate of drug-likeness (QED) is 0.637. The van der Waals surface area contributed by atoms with Crippen LogP contribution in [-0.2, 0) is 0 Å². The molecule has 0 fully saturated rings. The van der Waals surface area contributed by atoms with Gasteiger partial charge in [0.2, 0.25) is 11.6 Å². The van der Waals surface area contributed by atoms with Crippen LogP contribution in [0.15, 0.2) is 29.1 Å². The van der Waals surface area contributed by atoms with E-state index in [0.29, 0.717) is 12.4 Å². The van der Waals surface area contributed by atoms with Crippen molar-refractivity contribution in [3.05, 3.63) is 39.2 Å². The maximum Gasteiger partial charge on any atom is 0.353 e. The van der Waals surface area contributed by atoms with Crippen LogP contribution >= 0.6 is 15.9 Å². The van der Waals surface area contributed by atoms with Crippen LogP contribution < -0.4 is 10.6 Å². The number of aromatic nitrogens is 3. The molecule has 0 atom stereocenters. The monoisotopic (exact) mass is 338 g/mol. The van der Waals surface area contributed by atoms with Gasteiger partial charge in [0.1, 0.15) is 12.1 Å². The molecule has 2 aromatic rings. The third-order valence-electron chi connectivity index (χ3n) is 2.32. The van der Waals surface area contributed by atoms with Gasteiger partial charge < -0.3 is 10.6 Å². The first-order chi connectivity index (χ1) is 9.61. The molecule has 9 heteroatoms. The zero-order valence-corrected chi connectivity index (χ0v) is 12.1. The van der Waals surface area contributed by atoms with E-state index in [2.05, 4.69) is 41.5 Å². The molecule has 20 heavy (non-hydrogen) atoms. The van der Waals surface area contributed by atoms with Gasteiger partial charge in [-0.1, -0.05) is 0 Å². The van der Waals surface area contributed by atoms with E-state index >= 15 is 0 Å². The van der Waals surface area contributed by atoms with Gasteiger partial charge in [-0.25, -0.2) is 15.0 Å². The number of anilines is 3.